The van der Waals surface area contributed by atoms with Crippen molar-refractivity contribution < 1.29 is 9.53 Å². The quantitative estimate of drug-likeness (QED) is 0.803. The van der Waals surface area contributed by atoms with Crippen LogP contribution in [0.2, 0.25) is 0 Å². The first kappa shape index (κ1) is 17.3. The predicted molar refractivity (Wildman–Crippen MR) is 100 cm³/mol. The SMILES string of the molecule is CCOC(=O)[C@]1(CC)C[C@@H]2CC[C@H]1N2Cc1cn[nH]c1-c1ccccc1. The van der Waals surface area contributed by atoms with E-state index < -0.39 is 0 Å². The number of aromatic amines is 1. The summed E-state index contributed by atoms with van der Waals surface area (Å²) in [5.41, 5.74) is 3.09. The van der Waals surface area contributed by atoms with Crippen LogP contribution in [0.3, 0.4) is 0 Å². The first-order chi connectivity index (χ1) is 12.7. The lowest BCUT2D eigenvalue weighted by molar-refractivity contribution is -0.157. The van der Waals surface area contributed by atoms with E-state index in [-0.39, 0.29) is 17.4 Å². The molecule has 5 heteroatoms. The highest BCUT2D eigenvalue weighted by Crippen LogP contribution is 2.53. The molecule has 2 aromatic rings. The van der Waals surface area contributed by atoms with E-state index in [1.54, 1.807) is 0 Å². The average Bonchev–Trinajstić information content (AvgIpc) is 3.37. The summed E-state index contributed by atoms with van der Waals surface area (Å²) in [7, 11) is 0. The Kier molecular flexibility index (Phi) is 4.57. The summed E-state index contributed by atoms with van der Waals surface area (Å²) in [6.07, 6.45) is 5.95. The number of ether oxygens (including phenoxy) is 1. The number of H-pyrrole nitrogens is 1. The van der Waals surface area contributed by atoms with Gasteiger partial charge in [0.2, 0.25) is 0 Å². The number of fused-ring (bicyclic) bond motifs is 2. The summed E-state index contributed by atoms with van der Waals surface area (Å²) < 4.78 is 5.47. The number of esters is 1. The summed E-state index contributed by atoms with van der Waals surface area (Å²) >= 11 is 0. The fourth-order valence-electron chi connectivity index (χ4n) is 5.05. The molecule has 2 aliphatic rings. The van der Waals surface area contributed by atoms with Gasteiger partial charge in [-0.05, 0) is 38.2 Å². The van der Waals surface area contributed by atoms with Gasteiger partial charge in [-0.25, -0.2) is 0 Å². The van der Waals surface area contributed by atoms with Crippen molar-refractivity contribution in [1.29, 1.82) is 0 Å². The Hall–Kier alpha value is -2.14. The Balaban J connectivity index is 1.59. The molecule has 0 aliphatic carbocycles. The van der Waals surface area contributed by atoms with Crippen LogP contribution in [-0.2, 0) is 16.1 Å². The maximum absolute atomic E-state index is 12.8. The number of nitrogens with one attached hydrogen (secondary N) is 1. The molecule has 1 aromatic carbocycles. The van der Waals surface area contributed by atoms with Crippen molar-refractivity contribution in [3.8, 4) is 11.3 Å². The molecule has 3 atom stereocenters. The first-order valence-electron chi connectivity index (χ1n) is 9.70. The molecular formula is C21H27N3O2. The lowest BCUT2D eigenvalue weighted by Crippen LogP contribution is -2.44. The number of benzene rings is 1. The van der Waals surface area contributed by atoms with Gasteiger partial charge in [0, 0.05) is 24.2 Å². The standard InChI is InChI=1S/C21H27N3O2/c1-3-21(20(25)26-4-2)12-17-10-11-18(21)24(17)14-16-13-22-23-19(16)15-8-6-5-7-9-15/h5-9,13,17-18H,3-4,10-12,14H2,1-2H3,(H,22,23)/t17-,18+,21+/m0/s1. The fraction of sp³-hybridized carbons (Fsp3) is 0.524. The van der Waals surface area contributed by atoms with E-state index in [0.717, 1.165) is 37.1 Å². The van der Waals surface area contributed by atoms with Crippen molar-refractivity contribution in [2.75, 3.05) is 6.61 Å². The lowest BCUT2D eigenvalue weighted by Gasteiger charge is -2.34. The van der Waals surface area contributed by atoms with Crippen molar-refractivity contribution in [2.24, 2.45) is 5.41 Å². The Labute approximate surface area is 154 Å². The molecule has 0 unspecified atom stereocenters. The van der Waals surface area contributed by atoms with Gasteiger partial charge in [0.25, 0.3) is 0 Å². The smallest absolute Gasteiger partial charge is 0.313 e. The molecule has 0 saturated carbocycles. The van der Waals surface area contributed by atoms with Crippen molar-refractivity contribution in [3.05, 3.63) is 42.1 Å². The van der Waals surface area contributed by atoms with Gasteiger partial charge in [-0.3, -0.25) is 14.8 Å². The molecule has 0 radical (unpaired) electrons. The van der Waals surface area contributed by atoms with E-state index in [1.807, 2.05) is 31.3 Å². The minimum atomic E-state index is -0.338. The Morgan fingerprint density at radius 3 is 2.85 bits per heavy atom. The van der Waals surface area contributed by atoms with Crippen molar-refractivity contribution in [3.63, 3.8) is 0 Å². The molecule has 2 bridgehead atoms. The van der Waals surface area contributed by atoms with Gasteiger partial charge >= 0.3 is 5.97 Å². The summed E-state index contributed by atoms with van der Waals surface area (Å²) in [4.78, 5) is 15.3. The second kappa shape index (κ2) is 6.88. The molecule has 0 amide bonds. The molecule has 2 aliphatic heterocycles. The number of carbonyl (C=O) groups is 1. The van der Waals surface area contributed by atoms with Crippen molar-refractivity contribution >= 4 is 5.97 Å². The van der Waals surface area contributed by atoms with Gasteiger partial charge in [-0.15, -0.1) is 0 Å². The van der Waals surface area contributed by atoms with Gasteiger partial charge in [-0.1, -0.05) is 37.3 Å². The van der Waals surface area contributed by atoms with E-state index in [0.29, 0.717) is 12.6 Å². The van der Waals surface area contributed by atoms with Crippen LogP contribution >= 0.6 is 0 Å². The number of carbonyl (C=O) groups excluding carboxylic acids is 1. The second-order valence-electron chi connectivity index (χ2n) is 7.49. The maximum atomic E-state index is 12.8. The molecule has 26 heavy (non-hydrogen) atoms. The largest absolute Gasteiger partial charge is 0.466 e. The van der Waals surface area contributed by atoms with E-state index in [2.05, 4.69) is 34.2 Å². The lowest BCUT2D eigenvalue weighted by atomic mass is 9.72. The third-order valence-corrected chi connectivity index (χ3v) is 6.33. The van der Waals surface area contributed by atoms with Crippen molar-refractivity contribution in [2.45, 2.75) is 58.2 Å². The van der Waals surface area contributed by atoms with Crippen LogP contribution in [-0.4, -0.2) is 39.8 Å². The minimum Gasteiger partial charge on any atom is -0.466 e. The molecule has 1 aromatic heterocycles. The molecule has 2 saturated heterocycles. The molecule has 5 nitrogen and oxygen atoms in total. The monoisotopic (exact) mass is 353 g/mol. The zero-order valence-electron chi connectivity index (χ0n) is 15.6. The number of hydrogen-bond acceptors (Lipinski definition) is 4. The van der Waals surface area contributed by atoms with Crippen LogP contribution in [0, 0.1) is 5.41 Å². The summed E-state index contributed by atoms with van der Waals surface area (Å²) in [6.45, 7) is 5.31. The third kappa shape index (κ3) is 2.65. The second-order valence-corrected chi connectivity index (χ2v) is 7.49. The highest BCUT2D eigenvalue weighted by Gasteiger charge is 2.59. The summed E-state index contributed by atoms with van der Waals surface area (Å²) in [6, 6.07) is 11.0. The van der Waals surface area contributed by atoms with Gasteiger partial charge in [0.15, 0.2) is 0 Å². The van der Waals surface area contributed by atoms with Gasteiger partial charge in [0.05, 0.1) is 23.9 Å². The highest BCUT2D eigenvalue weighted by molar-refractivity contribution is 5.78. The first-order valence-corrected chi connectivity index (χ1v) is 9.70. The van der Waals surface area contributed by atoms with E-state index in [1.165, 1.54) is 12.0 Å². The van der Waals surface area contributed by atoms with Crippen LogP contribution in [0.15, 0.2) is 36.5 Å². The number of hydrogen-bond donors (Lipinski definition) is 1. The zero-order valence-corrected chi connectivity index (χ0v) is 15.6. The number of rotatable bonds is 6. The zero-order chi connectivity index (χ0) is 18.1. The minimum absolute atomic E-state index is 0.00447. The van der Waals surface area contributed by atoms with Gasteiger partial charge < -0.3 is 4.74 Å². The molecular weight excluding hydrogens is 326 g/mol. The fourth-order valence-corrected chi connectivity index (χ4v) is 5.05. The molecule has 138 valence electrons. The van der Waals surface area contributed by atoms with E-state index in [4.69, 9.17) is 4.74 Å². The Morgan fingerprint density at radius 2 is 2.12 bits per heavy atom. The van der Waals surface area contributed by atoms with Crippen LogP contribution in [0.25, 0.3) is 11.3 Å². The van der Waals surface area contributed by atoms with Crippen LogP contribution in [0.5, 0.6) is 0 Å². The van der Waals surface area contributed by atoms with E-state index >= 15 is 0 Å². The normalized spacial score (nSPS) is 27.8. The Bertz CT molecular complexity index is 773. The summed E-state index contributed by atoms with van der Waals surface area (Å²) in [5, 5.41) is 7.44. The van der Waals surface area contributed by atoms with Crippen LogP contribution in [0.4, 0.5) is 0 Å². The van der Waals surface area contributed by atoms with Crippen LogP contribution < -0.4 is 0 Å². The number of aromatic nitrogens is 2. The molecule has 3 heterocycles. The number of nitrogens with zero attached hydrogens (tertiary/aromatic N) is 2. The van der Waals surface area contributed by atoms with Crippen LogP contribution in [0.1, 0.15) is 45.1 Å². The third-order valence-electron chi connectivity index (χ3n) is 6.33. The summed E-state index contributed by atoms with van der Waals surface area (Å²) in [5.74, 6) is -0.00447. The predicted octanol–water partition coefficient (Wildman–Crippen LogP) is 3.77. The molecule has 2 fully saturated rings. The average molecular weight is 353 g/mol. The Morgan fingerprint density at radius 1 is 1.31 bits per heavy atom. The highest BCUT2D eigenvalue weighted by atomic mass is 16.5. The molecule has 4 rings (SSSR count). The molecule has 1 N–H and O–H groups in total. The van der Waals surface area contributed by atoms with Gasteiger partial charge in [-0.2, -0.15) is 5.10 Å². The topological polar surface area (TPSA) is 58.2 Å². The maximum Gasteiger partial charge on any atom is 0.313 e. The molecule has 0 spiro atoms. The van der Waals surface area contributed by atoms with Gasteiger partial charge in [0.1, 0.15) is 0 Å². The van der Waals surface area contributed by atoms with Crippen molar-refractivity contribution in [1.82, 2.24) is 15.1 Å². The van der Waals surface area contributed by atoms with E-state index in [9.17, 15) is 4.79 Å².